The van der Waals surface area contributed by atoms with Gasteiger partial charge < -0.3 is 5.73 Å². The van der Waals surface area contributed by atoms with Gasteiger partial charge in [0.1, 0.15) is 0 Å². The Balaban J connectivity index is 1.99. The first kappa shape index (κ1) is 10.1. The fourth-order valence-electron chi connectivity index (χ4n) is 1.35. The second kappa shape index (κ2) is 4.89. The van der Waals surface area contributed by atoms with E-state index in [2.05, 4.69) is 30.3 Å². The fourth-order valence-corrected chi connectivity index (χ4v) is 2.27. The van der Waals surface area contributed by atoms with Gasteiger partial charge in [0.05, 0.1) is 0 Å². The van der Waals surface area contributed by atoms with Crippen molar-refractivity contribution in [2.24, 2.45) is 0 Å². The quantitative estimate of drug-likeness (QED) is 0.626. The molecule has 0 saturated heterocycles. The van der Waals surface area contributed by atoms with Crippen molar-refractivity contribution in [2.45, 2.75) is 10.6 Å². The average molecular weight is 215 g/mol. The summed E-state index contributed by atoms with van der Waals surface area (Å²) < 4.78 is 0. The zero-order chi connectivity index (χ0) is 10.5. The Morgan fingerprint density at radius 2 is 1.73 bits per heavy atom. The summed E-state index contributed by atoms with van der Waals surface area (Å²) in [5.41, 5.74) is 7.88. The summed E-state index contributed by atoms with van der Waals surface area (Å²) >= 11 is 1.81. The summed E-state index contributed by atoms with van der Waals surface area (Å²) in [6.07, 6.45) is 0. The second-order valence-electron chi connectivity index (χ2n) is 3.35. The van der Waals surface area contributed by atoms with Crippen molar-refractivity contribution in [1.29, 1.82) is 0 Å². The van der Waals surface area contributed by atoms with Crippen LogP contribution in [0.4, 0.5) is 5.69 Å². The number of anilines is 1. The number of nitrogens with two attached hydrogens (primary N) is 1. The Kier molecular flexibility index (Phi) is 3.30. The van der Waals surface area contributed by atoms with Crippen LogP contribution in [0.2, 0.25) is 0 Å². The Morgan fingerprint density at radius 1 is 0.933 bits per heavy atom. The van der Waals surface area contributed by atoms with Gasteiger partial charge in [-0.1, -0.05) is 36.4 Å². The zero-order valence-corrected chi connectivity index (χ0v) is 9.21. The van der Waals surface area contributed by atoms with Crippen molar-refractivity contribution in [2.75, 3.05) is 5.73 Å². The summed E-state index contributed by atoms with van der Waals surface area (Å²) in [6, 6.07) is 18.4. The zero-order valence-electron chi connectivity index (χ0n) is 8.39. The molecule has 15 heavy (non-hydrogen) atoms. The maximum Gasteiger partial charge on any atom is 0.0325 e. The van der Waals surface area contributed by atoms with Gasteiger partial charge in [-0.2, -0.15) is 0 Å². The lowest BCUT2D eigenvalue weighted by Gasteiger charge is -2.02. The normalized spacial score (nSPS) is 10.1. The lowest BCUT2D eigenvalue weighted by molar-refractivity contribution is 1.38. The van der Waals surface area contributed by atoms with E-state index in [-0.39, 0.29) is 0 Å². The molecule has 0 spiro atoms. The van der Waals surface area contributed by atoms with E-state index in [0.717, 1.165) is 11.4 Å². The maximum absolute atomic E-state index is 5.71. The molecular formula is C13H13NS. The van der Waals surface area contributed by atoms with Crippen molar-refractivity contribution in [3.05, 3.63) is 60.2 Å². The number of rotatable bonds is 3. The van der Waals surface area contributed by atoms with Gasteiger partial charge in [-0.05, 0) is 23.8 Å². The molecule has 2 aromatic carbocycles. The first-order chi connectivity index (χ1) is 7.34. The predicted octanol–water partition coefficient (Wildman–Crippen LogP) is 3.56. The van der Waals surface area contributed by atoms with Crippen molar-refractivity contribution in [3.63, 3.8) is 0 Å². The van der Waals surface area contributed by atoms with Crippen molar-refractivity contribution in [1.82, 2.24) is 0 Å². The number of benzene rings is 2. The summed E-state index contributed by atoms with van der Waals surface area (Å²) in [7, 11) is 0. The van der Waals surface area contributed by atoms with Gasteiger partial charge >= 0.3 is 0 Å². The maximum atomic E-state index is 5.71. The highest BCUT2D eigenvalue weighted by Crippen LogP contribution is 2.23. The molecule has 2 rings (SSSR count). The van der Waals surface area contributed by atoms with Crippen LogP contribution in [0, 0.1) is 0 Å². The average Bonchev–Trinajstić information content (AvgIpc) is 2.28. The Morgan fingerprint density at radius 3 is 2.47 bits per heavy atom. The van der Waals surface area contributed by atoms with E-state index < -0.39 is 0 Å². The molecule has 1 nitrogen and oxygen atoms in total. The van der Waals surface area contributed by atoms with E-state index in [1.165, 1.54) is 10.5 Å². The number of nitrogen functional groups attached to an aromatic ring is 1. The molecule has 0 aliphatic heterocycles. The molecule has 0 saturated carbocycles. The smallest absolute Gasteiger partial charge is 0.0325 e. The van der Waals surface area contributed by atoms with Gasteiger partial charge in [0.15, 0.2) is 0 Å². The third kappa shape index (κ3) is 3.03. The first-order valence-corrected chi connectivity index (χ1v) is 5.85. The van der Waals surface area contributed by atoms with E-state index in [9.17, 15) is 0 Å². The Hall–Kier alpha value is -1.41. The largest absolute Gasteiger partial charge is 0.399 e. The number of thioether (sulfide) groups is 1. The molecule has 0 aliphatic carbocycles. The summed E-state index contributed by atoms with van der Waals surface area (Å²) in [4.78, 5) is 1.22. The van der Waals surface area contributed by atoms with E-state index >= 15 is 0 Å². The van der Waals surface area contributed by atoms with Crippen LogP contribution in [-0.2, 0) is 5.75 Å². The van der Waals surface area contributed by atoms with E-state index in [1.54, 1.807) is 0 Å². The van der Waals surface area contributed by atoms with Crippen molar-refractivity contribution < 1.29 is 0 Å². The third-order valence-corrected chi connectivity index (χ3v) is 3.17. The summed E-state index contributed by atoms with van der Waals surface area (Å²) in [6.45, 7) is 0. The highest BCUT2D eigenvalue weighted by atomic mass is 32.2. The monoisotopic (exact) mass is 215 g/mol. The lowest BCUT2D eigenvalue weighted by Crippen LogP contribution is -1.84. The van der Waals surface area contributed by atoms with Gasteiger partial charge in [-0.15, -0.1) is 11.8 Å². The fraction of sp³-hybridized carbons (Fsp3) is 0.0769. The molecule has 0 radical (unpaired) electrons. The molecule has 0 heterocycles. The van der Waals surface area contributed by atoms with Crippen LogP contribution in [-0.4, -0.2) is 0 Å². The highest BCUT2D eigenvalue weighted by Gasteiger charge is 1.95. The molecule has 0 aromatic heterocycles. The molecule has 76 valence electrons. The summed E-state index contributed by atoms with van der Waals surface area (Å²) in [5, 5.41) is 0. The van der Waals surface area contributed by atoms with Gasteiger partial charge in [0.2, 0.25) is 0 Å². The van der Waals surface area contributed by atoms with Gasteiger partial charge in [-0.25, -0.2) is 0 Å². The third-order valence-electron chi connectivity index (χ3n) is 2.11. The van der Waals surface area contributed by atoms with Crippen LogP contribution < -0.4 is 5.73 Å². The van der Waals surface area contributed by atoms with E-state index in [1.807, 2.05) is 36.0 Å². The minimum atomic E-state index is 0.827. The lowest BCUT2D eigenvalue weighted by atomic mass is 10.2. The molecule has 0 bridgehead atoms. The van der Waals surface area contributed by atoms with Crippen LogP contribution >= 0.6 is 11.8 Å². The number of hydrogen-bond acceptors (Lipinski definition) is 2. The molecule has 2 N–H and O–H groups in total. The molecular weight excluding hydrogens is 202 g/mol. The Labute approximate surface area is 94.3 Å². The molecule has 0 unspecified atom stereocenters. The van der Waals surface area contributed by atoms with E-state index in [4.69, 9.17) is 5.73 Å². The first-order valence-electron chi connectivity index (χ1n) is 4.87. The van der Waals surface area contributed by atoms with Crippen LogP contribution in [0.25, 0.3) is 0 Å². The van der Waals surface area contributed by atoms with Crippen LogP contribution in [0.3, 0.4) is 0 Å². The molecule has 0 fully saturated rings. The molecule has 2 heteroatoms. The highest BCUT2D eigenvalue weighted by molar-refractivity contribution is 7.98. The van der Waals surface area contributed by atoms with Gasteiger partial charge in [-0.3, -0.25) is 0 Å². The topological polar surface area (TPSA) is 26.0 Å². The second-order valence-corrected chi connectivity index (χ2v) is 4.40. The van der Waals surface area contributed by atoms with E-state index in [0.29, 0.717) is 0 Å². The molecule has 0 aliphatic rings. The molecule has 2 aromatic rings. The molecule has 0 atom stereocenters. The molecule has 0 amide bonds. The predicted molar refractivity (Wildman–Crippen MR) is 66.9 cm³/mol. The van der Waals surface area contributed by atoms with Crippen molar-refractivity contribution in [3.8, 4) is 0 Å². The van der Waals surface area contributed by atoms with Crippen LogP contribution in [0.5, 0.6) is 0 Å². The van der Waals surface area contributed by atoms with Gasteiger partial charge in [0, 0.05) is 16.3 Å². The van der Waals surface area contributed by atoms with Gasteiger partial charge in [0.25, 0.3) is 0 Å². The summed E-state index contributed by atoms with van der Waals surface area (Å²) in [5.74, 6) is 0.990. The van der Waals surface area contributed by atoms with Crippen LogP contribution in [0.15, 0.2) is 59.5 Å². The van der Waals surface area contributed by atoms with Crippen LogP contribution in [0.1, 0.15) is 5.56 Å². The number of hydrogen-bond donors (Lipinski definition) is 1. The van der Waals surface area contributed by atoms with Crippen molar-refractivity contribution >= 4 is 17.4 Å². The SMILES string of the molecule is Nc1cccc(SCc2ccccc2)c1. The Bertz CT molecular complexity index is 426. The minimum Gasteiger partial charge on any atom is -0.399 e. The standard InChI is InChI=1S/C13H13NS/c14-12-7-4-8-13(9-12)15-10-11-5-2-1-3-6-11/h1-9H,10,14H2. The minimum absolute atomic E-state index is 0.827.